The lowest BCUT2D eigenvalue weighted by Crippen LogP contribution is -2.15. The second kappa shape index (κ2) is 8.26. The number of nitrogens with zero attached hydrogens (tertiary/aromatic N) is 1. The maximum atomic E-state index is 11.3. The Labute approximate surface area is 113 Å². The van der Waals surface area contributed by atoms with Crippen LogP contribution < -0.4 is 10.1 Å². The van der Waals surface area contributed by atoms with Crippen molar-refractivity contribution in [2.24, 2.45) is 0 Å². The van der Waals surface area contributed by atoms with Crippen LogP contribution in [-0.2, 0) is 16.1 Å². The maximum absolute atomic E-state index is 11.3. The van der Waals surface area contributed by atoms with E-state index in [4.69, 9.17) is 4.74 Å². The fourth-order valence-electron chi connectivity index (χ4n) is 1.59. The van der Waals surface area contributed by atoms with Crippen molar-refractivity contribution in [2.45, 2.75) is 19.9 Å². The average Bonchev–Trinajstić information content (AvgIpc) is 2.47. The highest BCUT2D eigenvalue weighted by molar-refractivity contribution is 5.88. The molecule has 0 fully saturated rings. The molecule has 0 aromatic carbocycles. The van der Waals surface area contributed by atoms with E-state index < -0.39 is 0 Å². The van der Waals surface area contributed by atoms with Gasteiger partial charge in [0, 0.05) is 30.9 Å². The van der Waals surface area contributed by atoms with E-state index in [0.29, 0.717) is 31.0 Å². The van der Waals surface area contributed by atoms with Crippen molar-refractivity contribution in [1.29, 1.82) is 0 Å². The van der Waals surface area contributed by atoms with Crippen molar-refractivity contribution in [2.75, 3.05) is 20.8 Å². The van der Waals surface area contributed by atoms with Gasteiger partial charge in [-0.2, -0.15) is 0 Å². The highest BCUT2D eigenvalue weighted by Crippen LogP contribution is 2.08. The number of nitrogens with one attached hydrogen (secondary N) is 1. The van der Waals surface area contributed by atoms with Gasteiger partial charge in [0.25, 0.3) is 0 Å². The van der Waals surface area contributed by atoms with Crippen LogP contribution in [0.4, 0.5) is 0 Å². The molecule has 1 aromatic rings. The first-order chi connectivity index (χ1) is 9.21. The molecule has 0 radical (unpaired) electrons. The third-order valence-corrected chi connectivity index (χ3v) is 2.66. The lowest BCUT2D eigenvalue weighted by molar-refractivity contribution is -0.136. The summed E-state index contributed by atoms with van der Waals surface area (Å²) in [6, 6.07) is 3.79. The van der Waals surface area contributed by atoms with E-state index in [-0.39, 0.29) is 5.97 Å². The average molecular weight is 264 g/mol. The minimum absolute atomic E-state index is 0.269. The molecule has 0 saturated carbocycles. The predicted octanol–water partition coefficient (Wildman–Crippen LogP) is 1.69. The predicted molar refractivity (Wildman–Crippen MR) is 72.9 cm³/mol. The van der Waals surface area contributed by atoms with E-state index in [1.807, 2.05) is 25.1 Å². The summed E-state index contributed by atoms with van der Waals surface area (Å²) in [4.78, 5) is 15.4. The lowest BCUT2D eigenvalue weighted by atomic mass is 10.2. The molecule has 0 atom stereocenters. The van der Waals surface area contributed by atoms with Crippen molar-refractivity contribution in [3.05, 3.63) is 35.5 Å². The van der Waals surface area contributed by atoms with E-state index in [1.165, 1.54) is 7.11 Å². The Hall–Kier alpha value is -1.88. The standard InChI is InChI=1S/C14H20N2O3/c1-4-12(14(17)19-3)6-7-15-10-11-5-8-16-13(9-11)18-2/h5-6,8-9,15H,4,7,10H2,1-3H3/b12-6-. The summed E-state index contributed by atoms with van der Waals surface area (Å²) in [5, 5.41) is 3.23. The molecular formula is C14H20N2O3. The van der Waals surface area contributed by atoms with Crippen LogP contribution in [0.5, 0.6) is 5.88 Å². The molecular weight excluding hydrogens is 244 g/mol. The number of esters is 1. The Kier molecular flexibility index (Phi) is 6.60. The summed E-state index contributed by atoms with van der Waals surface area (Å²) in [6.45, 7) is 3.23. The first-order valence-electron chi connectivity index (χ1n) is 6.18. The van der Waals surface area contributed by atoms with Gasteiger partial charge >= 0.3 is 5.97 Å². The van der Waals surface area contributed by atoms with Crippen LogP contribution >= 0.6 is 0 Å². The van der Waals surface area contributed by atoms with Gasteiger partial charge in [-0.25, -0.2) is 9.78 Å². The molecule has 5 heteroatoms. The maximum Gasteiger partial charge on any atom is 0.333 e. The molecule has 19 heavy (non-hydrogen) atoms. The Balaban J connectivity index is 2.45. The number of methoxy groups -OCH3 is 2. The number of rotatable bonds is 7. The molecule has 1 rings (SSSR count). The van der Waals surface area contributed by atoms with Crippen LogP contribution in [0.3, 0.4) is 0 Å². The molecule has 1 heterocycles. The van der Waals surface area contributed by atoms with Gasteiger partial charge in [-0.15, -0.1) is 0 Å². The second-order valence-electron chi connectivity index (χ2n) is 3.91. The Morgan fingerprint density at radius 3 is 2.89 bits per heavy atom. The number of pyridine rings is 1. The van der Waals surface area contributed by atoms with Gasteiger partial charge in [-0.3, -0.25) is 0 Å². The van der Waals surface area contributed by atoms with Crippen molar-refractivity contribution in [3.8, 4) is 5.88 Å². The molecule has 0 amide bonds. The number of carbonyl (C=O) groups is 1. The van der Waals surface area contributed by atoms with Gasteiger partial charge in [0.05, 0.1) is 14.2 Å². The van der Waals surface area contributed by atoms with Crippen molar-refractivity contribution < 1.29 is 14.3 Å². The molecule has 0 aliphatic heterocycles. The summed E-state index contributed by atoms with van der Waals surface area (Å²) in [5.74, 6) is 0.327. The Morgan fingerprint density at radius 2 is 2.26 bits per heavy atom. The van der Waals surface area contributed by atoms with Crippen LogP contribution in [-0.4, -0.2) is 31.7 Å². The third-order valence-electron chi connectivity index (χ3n) is 2.66. The van der Waals surface area contributed by atoms with Gasteiger partial charge < -0.3 is 14.8 Å². The zero-order chi connectivity index (χ0) is 14.1. The molecule has 0 aliphatic rings. The van der Waals surface area contributed by atoms with Gasteiger partial charge in [0.1, 0.15) is 0 Å². The number of carbonyl (C=O) groups excluding carboxylic acids is 1. The summed E-state index contributed by atoms with van der Waals surface area (Å²) >= 11 is 0. The van der Waals surface area contributed by atoms with Crippen LogP contribution in [0, 0.1) is 0 Å². The van der Waals surface area contributed by atoms with Crippen LogP contribution in [0.2, 0.25) is 0 Å². The SMILES string of the molecule is CC/C(=C/CNCc1ccnc(OC)c1)C(=O)OC. The fraction of sp³-hybridized carbons (Fsp3) is 0.429. The highest BCUT2D eigenvalue weighted by Gasteiger charge is 2.05. The van der Waals surface area contributed by atoms with Crippen LogP contribution in [0.15, 0.2) is 30.0 Å². The summed E-state index contributed by atoms with van der Waals surface area (Å²) in [5.41, 5.74) is 1.76. The van der Waals surface area contributed by atoms with Gasteiger partial charge in [-0.05, 0) is 18.1 Å². The van der Waals surface area contributed by atoms with E-state index in [1.54, 1.807) is 13.3 Å². The van der Waals surface area contributed by atoms with Gasteiger partial charge in [0.2, 0.25) is 5.88 Å². The van der Waals surface area contributed by atoms with Crippen molar-refractivity contribution >= 4 is 5.97 Å². The van der Waals surface area contributed by atoms with Crippen molar-refractivity contribution in [1.82, 2.24) is 10.3 Å². The fourth-order valence-corrected chi connectivity index (χ4v) is 1.59. The summed E-state index contributed by atoms with van der Waals surface area (Å²) in [6.07, 6.45) is 4.22. The van der Waals surface area contributed by atoms with Crippen LogP contribution in [0.25, 0.3) is 0 Å². The number of aromatic nitrogens is 1. The molecule has 1 aromatic heterocycles. The first-order valence-corrected chi connectivity index (χ1v) is 6.18. The minimum Gasteiger partial charge on any atom is -0.481 e. The molecule has 0 bridgehead atoms. The number of hydrogen-bond donors (Lipinski definition) is 1. The smallest absolute Gasteiger partial charge is 0.333 e. The zero-order valence-electron chi connectivity index (χ0n) is 11.6. The largest absolute Gasteiger partial charge is 0.481 e. The van der Waals surface area contributed by atoms with E-state index >= 15 is 0 Å². The number of ether oxygens (including phenoxy) is 2. The third kappa shape index (κ3) is 5.09. The zero-order valence-corrected chi connectivity index (χ0v) is 11.6. The van der Waals surface area contributed by atoms with Crippen LogP contribution in [0.1, 0.15) is 18.9 Å². The summed E-state index contributed by atoms with van der Waals surface area (Å²) in [7, 11) is 2.98. The molecule has 0 spiro atoms. The van der Waals surface area contributed by atoms with E-state index in [2.05, 4.69) is 15.0 Å². The quantitative estimate of drug-likeness (QED) is 0.461. The monoisotopic (exact) mass is 264 g/mol. The molecule has 0 saturated heterocycles. The van der Waals surface area contributed by atoms with Crippen molar-refractivity contribution in [3.63, 3.8) is 0 Å². The van der Waals surface area contributed by atoms with E-state index in [0.717, 1.165) is 5.56 Å². The topological polar surface area (TPSA) is 60.5 Å². The van der Waals surface area contributed by atoms with Gasteiger partial charge in [-0.1, -0.05) is 13.0 Å². The Morgan fingerprint density at radius 1 is 1.47 bits per heavy atom. The van der Waals surface area contributed by atoms with Gasteiger partial charge in [0.15, 0.2) is 0 Å². The molecule has 1 N–H and O–H groups in total. The number of hydrogen-bond acceptors (Lipinski definition) is 5. The second-order valence-corrected chi connectivity index (χ2v) is 3.91. The first kappa shape index (κ1) is 15.2. The van der Waals surface area contributed by atoms with E-state index in [9.17, 15) is 4.79 Å². The summed E-state index contributed by atoms with van der Waals surface area (Å²) < 4.78 is 9.74. The molecule has 0 unspecified atom stereocenters. The Bertz CT molecular complexity index is 444. The molecule has 0 aliphatic carbocycles. The lowest BCUT2D eigenvalue weighted by Gasteiger charge is -2.05. The normalized spacial score (nSPS) is 11.2. The minimum atomic E-state index is -0.269. The molecule has 104 valence electrons. The molecule has 5 nitrogen and oxygen atoms in total. The highest BCUT2D eigenvalue weighted by atomic mass is 16.5.